The van der Waals surface area contributed by atoms with E-state index in [0.29, 0.717) is 29.8 Å². The lowest BCUT2D eigenvalue weighted by Gasteiger charge is -2.17. The minimum absolute atomic E-state index is 0.141. The Bertz CT molecular complexity index is 529. The lowest BCUT2D eigenvalue weighted by Crippen LogP contribution is -2.07. The average Bonchev–Trinajstić information content (AvgIpc) is 2.89. The molecular formula is C15H17Cl2NO2. The zero-order chi connectivity index (χ0) is 14.5. The van der Waals surface area contributed by atoms with Gasteiger partial charge in [-0.05, 0) is 19.1 Å². The molecule has 3 nitrogen and oxygen atoms in total. The van der Waals surface area contributed by atoms with Gasteiger partial charge in [-0.1, -0.05) is 35.9 Å². The fourth-order valence-electron chi connectivity index (χ4n) is 2.22. The Hall–Kier alpha value is -1.19. The van der Waals surface area contributed by atoms with Gasteiger partial charge in [0.2, 0.25) is 0 Å². The van der Waals surface area contributed by atoms with Crippen LogP contribution >= 0.6 is 23.2 Å². The molecule has 0 aromatic heterocycles. The predicted molar refractivity (Wildman–Crippen MR) is 83.4 cm³/mol. The second-order valence-electron chi connectivity index (χ2n) is 4.44. The van der Waals surface area contributed by atoms with Gasteiger partial charge in [0, 0.05) is 17.9 Å². The molecule has 0 saturated heterocycles. The van der Waals surface area contributed by atoms with Gasteiger partial charge in [0.15, 0.2) is 5.90 Å². The first-order chi connectivity index (χ1) is 9.67. The van der Waals surface area contributed by atoms with Gasteiger partial charge in [-0.25, -0.2) is 0 Å². The molecule has 20 heavy (non-hydrogen) atoms. The Labute approximate surface area is 129 Å². The first kappa shape index (κ1) is 15.2. The molecule has 1 aromatic rings. The van der Waals surface area contributed by atoms with Crippen LogP contribution in [0, 0.1) is 0 Å². The van der Waals surface area contributed by atoms with Gasteiger partial charge in [0.05, 0.1) is 23.2 Å². The lowest BCUT2D eigenvalue weighted by molar-refractivity contribution is 0.319. The molecule has 1 atom stereocenters. The first-order valence-corrected chi connectivity index (χ1v) is 7.30. The molecule has 1 aliphatic heterocycles. The summed E-state index contributed by atoms with van der Waals surface area (Å²) in [4.78, 5) is 4.39. The van der Waals surface area contributed by atoms with Crippen LogP contribution in [0.15, 0.2) is 29.8 Å². The van der Waals surface area contributed by atoms with E-state index < -0.39 is 0 Å². The summed E-state index contributed by atoms with van der Waals surface area (Å²) in [7, 11) is 0. The second-order valence-corrected chi connectivity index (χ2v) is 5.23. The fraction of sp³-hybridized carbons (Fsp3) is 0.400. The van der Waals surface area contributed by atoms with E-state index in [0.717, 1.165) is 23.6 Å². The summed E-state index contributed by atoms with van der Waals surface area (Å²) < 4.78 is 11.1. The zero-order valence-corrected chi connectivity index (χ0v) is 12.9. The van der Waals surface area contributed by atoms with Crippen LogP contribution in [0.1, 0.15) is 24.8 Å². The predicted octanol–water partition coefficient (Wildman–Crippen LogP) is 4.48. The SMILES string of the molecule is C=CCOc1ccc(Cl)c(Cl)c1[C@@H]1CN=C(OCC)C1. The Balaban J connectivity index is 2.26. The van der Waals surface area contributed by atoms with Crippen molar-refractivity contribution in [3.05, 3.63) is 40.4 Å². The van der Waals surface area contributed by atoms with Crippen LogP contribution in [-0.4, -0.2) is 25.7 Å². The van der Waals surface area contributed by atoms with E-state index in [9.17, 15) is 0 Å². The standard InChI is InChI=1S/C15H17Cl2NO2/c1-3-7-20-12-6-5-11(16)15(17)14(12)10-8-13(18-9-10)19-4-2/h3,5-6,10H,1,4,7-9H2,2H3/t10-/m0/s1. The van der Waals surface area contributed by atoms with Crippen LogP contribution in [-0.2, 0) is 4.74 Å². The van der Waals surface area contributed by atoms with Crippen molar-refractivity contribution in [2.75, 3.05) is 19.8 Å². The van der Waals surface area contributed by atoms with Crippen LogP contribution in [0.25, 0.3) is 0 Å². The van der Waals surface area contributed by atoms with Crippen molar-refractivity contribution in [3.8, 4) is 5.75 Å². The average molecular weight is 314 g/mol. The van der Waals surface area contributed by atoms with Gasteiger partial charge in [0.25, 0.3) is 0 Å². The van der Waals surface area contributed by atoms with Crippen molar-refractivity contribution in [2.24, 2.45) is 4.99 Å². The number of rotatable bonds is 5. The summed E-state index contributed by atoms with van der Waals surface area (Å²) in [6, 6.07) is 3.58. The molecule has 5 heteroatoms. The third-order valence-corrected chi connectivity index (χ3v) is 3.90. The van der Waals surface area contributed by atoms with E-state index in [-0.39, 0.29) is 5.92 Å². The number of hydrogen-bond acceptors (Lipinski definition) is 3. The highest BCUT2D eigenvalue weighted by Gasteiger charge is 2.27. The molecule has 0 fully saturated rings. The summed E-state index contributed by atoms with van der Waals surface area (Å²) in [5, 5.41) is 1.06. The van der Waals surface area contributed by atoms with Gasteiger partial charge in [-0.2, -0.15) is 0 Å². The van der Waals surface area contributed by atoms with Crippen LogP contribution in [0.3, 0.4) is 0 Å². The van der Waals surface area contributed by atoms with Gasteiger partial charge in [-0.3, -0.25) is 4.99 Å². The van der Waals surface area contributed by atoms with Gasteiger partial charge >= 0.3 is 0 Å². The van der Waals surface area contributed by atoms with E-state index in [1.807, 2.05) is 13.0 Å². The molecule has 1 aliphatic rings. The highest BCUT2D eigenvalue weighted by atomic mass is 35.5. The number of benzene rings is 1. The molecule has 108 valence electrons. The molecule has 0 bridgehead atoms. The lowest BCUT2D eigenvalue weighted by atomic mass is 9.96. The number of halogens is 2. The number of nitrogens with zero attached hydrogens (tertiary/aromatic N) is 1. The molecule has 0 spiro atoms. The number of ether oxygens (including phenoxy) is 2. The Morgan fingerprint density at radius 3 is 2.90 bits per heavy atom. The molecule has 0 aliphatic carbocycles. The molecule has 0 N–H and O–H groups in total. The van der Waals surface area contributed by atoms with Crippen LogP contribution in [0.5, 0.6) is 5.75 Å². The van der Waals surface area contributed by atoms with E-state index in [2.05, 4.69) is 11.6 Å². The van der Waals surface area contributed by atoms with E-state index in [1.54, 1.807) is 12.1 Å². The van der Waals surface area contributed by atoms with Crippen LogP contribution < -0.4 is 4.74 Å². The largest absolute Gasteiger partial charge is 0.489 e. The van der Waals surface area contributed by atoms with E-state index in [1.165, 1.54) is 0 Å². The highest BCUT2D eigenvalue weighted by Crippen LogP contribution is 2.41. The quantitative estimate of drug-likeness (QED) is 0.750. The first-order valence-electron chi connectivity index (χ1n) is 6.55. The summed E-state index contributed by atoms with van der Waals surface area (Å²) in [6.07, 6.45) is 2.42. The molecule has 0 unspecified atom stereocenters. The molecule has 0 saturated carbocycles. The monoisotopic (exact) mass is 313 g/mol. The van der Waals surface area contributed by atoms with Crippen molar-refractivity contribution in [1.29, 1.82) is 0 Å². The maximum absolute atomic E-state index is 6.35. The van der Waals surface area contributed by atoms with Crippen LogP contribution in [0.2, 0.25) is 10.0 Å². The van der Waals surface area contributed by atoms with Crippen molar-refractivity contribution >= 4 is 29.1 Å². The topological polar surface area (TPSA) is 30.8 Å². The minimum Gasteiger partial charge on any atom is -0.489 e. The summed E-state index contributed by atoms with van der Waals surface area (Å²) in [5.74, 6) is 1.64. The molecule has 0 amide bonds. The third kappa shape index (κ3) is 3.28. The highest BCUT2D eigenvalue weighted by molar-refractivity contribution is 6.42. The van der Waals surface area contributed by atoms with Crippen LogP contribution in [0.4, 0.5) is 0 Å². The molecular weight excluding hydrogens is 297 g/mol. The van der Waals surface area contributed by atoms with E-state index in [4.69, 9.17) is 32.7 Å². The third-order valence-electron chi connectivity index (χ3n) is 3.08. The molecule has 1 aromatic carbocycles. The van der Waals surface area contributed by atoms with E-state index >= 15 is 0 Å². The fourth-order valence-corrected chi connectivity index (χ4v) is 2.70. The second kappa shape index (κ2) is 7.00. The van der Waals surface area contributed by atoms with Crippen molar-refractivity contribution in [1.82, 2.24) is 0 Å². The van der Waals surface area contributed by atoms with Gasteiger partial charge < -0.3 is 9.47 Å². The maximum atomic E-state index is 6.35. The maximum Gasteiger partial charge on any atom is 0.183 e. The summed E-state index contributed by atoms with van der Waals surface area (Å²) in [6.45, 7) is 7.28. The Kier molecular flexibility index (Phi) is 5.32. The molecule has 2 rings (SSSR count). The normalized spacial score (nSPS) is 17.8. The number of aliphatic imine (C=N–C) groups is 1. The number of hydrogen-bond donors (Lipinski definition) is 0. The summed E-state index contributed by atoms with van der Waals surface area (Å²) >= 11 is 12.5. The minimum atomic E-state index is 0.141. The van der Waals surface area contributed by atoms with Gasteiger partial charge in [0.1, 0.15) is 12.4 Å². The summed E-state index contributed by atoms with van der Waals surface area (Å²) in [5.41, 5.74) is 0.902. The molecule has 0 radical (unpaired) electrons. The Morgan fingerprint density at radius 2 is 2.20 bits per heavy atom. The van der Waals surface area contributed by atoms with Crippen molar-refractivity contribution < 1.29 is 9.47 Å². The Morgan fingerprint density at radius 1 is 1.40 bits per heavy atom. The zero-order valence-electron chi connectivity index (χ0n) is 11.4. The molecule has 1 heterocycles. The van der Waals surface area contributed by atoms with Crippen molar-refractivity contribution in [2.45, 2.75) is 19.3 Å². The van der Waals surface area contributed by atoms with Gasteiger partial charge in [-0.15, -0.1) is 0 Å². The van der Waals surface area contributed by atoms with Crippen molar-refractivity contribution in [3.63, 3.8) is 0 Å². The smallest absolute Gasteiger partial charge is 0.183 e.